The minimum Gasteiger partial charge on any atom is -0.507 e. The Hall–Kier alpha value is -7.73. The van der Waals surface area contributed by atoms with E-state index in [1.165, 1.54) is 39.2 Å². The molecular formula is C52H65N7O21. The highest BCUT2D eigenvalue weighted by atomic mass is 16.7. The van der Waals surface area contributed by atoms with Crippen LogP contribution in [0.3, 0.4) is 0 Å². The van der Waals surface area contributed by atoms with E-state index in [2.05, 4.69) is 31.9 Å². The topological polar surface area (TPSA) is 410 Å². The molecule has 28 heteroatoms. The number of nitrogens with one attached hydrogen (secondary N) is 6. The molecule has 28 nitrogen and oxygen atoms in total. The Labute approximate surface area is 457 Å². The number of phenolic OH excluding ortho intramolecular Hbond substituents is 2. The molecule has 2 aromatic carbocycles. The van der Waals surface area contributed by atoms with Gasteiger partial charge in [0, 0.05) is 54.6 Å². The second kappa shape index (κ2) is 27.0. The SMILES string of the molecule is COc1cccc2c1C(=O)c1c(O)c3c(c(O)c1C2=O)C[C@@](O)(C(=O)CO)CC3O[C@H]1C[C@H](NC(=O)C(CC(C)C)NC(=O)C(C)NC(=O)CNC(=O)CNC(=O)COCC(=O)NCCOCCN2C(=O)C=CC2=O)[C@H](O)[C@H](C)O1. The summed E-state index contributed by atoms with van der Waals surface area (Å²) in [5, 5.41) is 71.1. The van der Waals surface area contributed by atoms with Crippen molar-refractivity contribution in [2.24, 2.45) is 5.92 Å². The van der Waals surface area contributed by atoms with Crippen molar-refractivity contribution in [1.82, 2.24) is 36.8 Å². The highest BCUT2D eigenvalue weighted by Crippen LogP contribution is 2.52. The lowest BCUT2D eigenvalue weighted by Gasteiger charge is -2.43. The molecule has 0 bridgehead atoms. The summed E-state index contributed by atoms with van der Waals surface area (Å²) in [5.74, 6) is -10.1. The molecule has 4 aliphatic rings. The number of hydrogen-bond donors (Lipinski definition) is 11. The first-order valence-corrected chi connectivity index (χ1v) is 25.5. The number of aliphatic hydroxyl groups excluding tert-OH is 2. The van der Waals surface area contributed by atoms with Crippen molar-refractivity contribution in [2.45, 2.75) is 102 Å². The molecule has 0 aromatic heterocycles. The van der Waals surface area contributed by atoms with Gasteiger partial charge in [0.2, 0.25) is 41.2 Å². The maximum Gasteiger partial charge on any atom is 0.253 e. The third-order valence-corrected chi connectivity index (χ3v) is 13.5. The summed E-state index contributed by atoms with van der Waals surface area (Å²) in [5.41, 5.74) is -4.58. The maximum absolute atomic E-state index is 14.1. The van der Waals surface area contributed by atoms with Gasteiger partial charge in [-0.25, -0.2) is 0 Å². The second-order valence-electron chi connectivity index (χ2n) is 19.8. The second-order valence-corrected chi connectivity index (χ2v) is 19.8. The van der Waals surface area contributed by atoms with Crippen LogP contribution in [0.5, 0.6) is 17.2 Å². The van der Waals surface area contributed by atoms with E-state index in [9.17, 15) is 78.3 Å². The molecule has 2 aliphatic heterocycles. The van der Waals surface area contributed by atoms with E-state index in [0.29, 0.717) is 0 Å². The number of aromatic hydroxyl groups is 2. The van der Waals surface area contributed by atoms with Crippen molar-refractivity contribution in [1.29, 1.82) is 0 Å². The van der Waals surface area contributed by atoms with Crippen molar-refractivity contribution in [3.8, 4) is 17.2 Å². The Morgan fingerprint density at radius 1 is 0.812 bits per heavy atom. The zero-order valence-corrected chi connectivity index (χ0v) is 44.4. The minimum atomic E-state index is -2.45. The summed E-state index contributed by atoms with van der Waals surface area (Å²) in [4.78, 5) is 142. The van der Waals surface area contributed by atoms with Crippen LogP contribution < -0.4 is 36.6 Å². The number of ketones is 3. The summed E-state index contributed by atoms with van der Waals surface area (Å²) in [7, 11) is 1.27. The molecule has 1 fully saturated rings. The molecule has 8 amide bonds. The summed E-state index contributed by atoms with van der Waals surface area (Å²) >= 11 is 0. The number of hydrogen-bond acceptors (Lipinski definition) is 21. The molecule has 434 valence electrons. The van der Waals surface area contributed by atoms with Gasteiger partial charge >= 0.3 is 0 Å². The summed E-state index contributed by atoms with van der Waals surface area (Å²) in [6, 6.07) is 0.530. The number of carbonyl (C=O) groups is 11. The third kappa shape index (κ3) is 14.5. The van der Waals surface area contributed by atoms with Gasteiger partial charge in [-0.3, -0.25) is 57.6 Å². The van der Waals surface area contributed by atoms with E-state index in [0.717, 1.165) is 17.1 Å². The first-order chi connectivity index (χ1) is 37.9. The average molecular weight is 1120 g/mol. The van der Waals surface area contributed by atoms with Crippen LogP contribution in [0.25, 0.3) is 0 Å². The fourth-order valence-electron chi connectivity index (χ4n) is 9.43. The monoisotopic (exact) mass is 1120 g/mol. The average Bonchev–Trinajstić information content (AvgIpc) is 3.74. The molecule has 6 rings (SSSR count). The molecule has 0 saturated carbocycles. The summed E-state index contributed by atoms with van der Waals surface area (Å²) in [6.45, 7) is 3.15. The Bertz CT molecular complexity index is 2800. The predicted octanol–water partition coefficient (Wildman–Crippen LogP) is -3.50. The largest absolute Gasteiger partial charge is 0.507 e. The van der Waals surface area contributed by atoms with Crippen LogP contribution >= 0.6 is 0 Å². The van der Waals surface area contributed by atoms with Crippen LogP contribution in [0.2, 0.25) is 0 Å². The number of methoxy groups -OCH3 is 1. The van der Waals surface area contributed by atoms with E-state index in [4.69, 9.17) is 23.7 Å². The number of rotatable bonds is 26. The number of fused-ring (bicyclic) bond motifs is 3. The van der Waals surface area contributed by atoms with Gasteiger partial charge in [-0.2, -0.15) is 0 Å². The van der Waals surface area contributed by atoms with Crippen LogP contribution in [-0.4, -0.2) is 204 Å². The molecule has 1 saturated heterocycles. The van der Waals surface area contributed by atoms with Gasteiger partial charge in [0.15, 0.2) is 17.9 Å². The minimum absolute atomic E-state index is 0.00616. The van der Waals surface area contributed by atoms with Gasteiger partial charge in [0.1, 0.15) is 60.9 Å². The first kappa shape index (κ1) is 61.5. The Morgan fingerprint density at radius 3 is 2.12 bits per heavy atom. The molecule has 80 heavy (non-hydrogen) atoms. The predicted molar refractivity (Wildman–Crippen MR) is 271 cm³/mol. The Balaban J connectivity index is 0.990. The molecule has 2 heterocycles. The van der Waals surface area contributed by atoms with Gasteiger partial charge in [-0.1, -0.05) is 26.0 Å². The van der Waals surface area contributed by atoms with E-state index in [1.54, 1.807) is 13.8 Å². The lowest BCUT2D eigenvalue weighted by Crippen LogP contribution is -2.60. The van der Waals surface area contributed by atoms with Crippen molar-refractivity contribution < 1.29 is 102 Å². The zero-order valence-electron chi connectivity index (χ0n) is 44.4. The van der Waals surface area contributed by atoms with Crippen molar-refractivity contribution in [3.05, 3.63) is 63.7 Å². The van der Waals surface area contributed by atoms with Crippen LogP contribution in [0.4, 0.5) is 0 Å². The Kier molecular flexibility index (Phi) is 20.7. The van der Waals surface area contributed by atoms with E-state index in [-0.39, 0.29) is 73.1 Å². The van der Waals surface area contributed by atoms with Crippen molar-refractivity contribution in [2.75, 3.05) is 66.3 Å². The molecule has 2 aromatic rings. The van der Waals surface area contributed by atoms with Gasteiger partial charge in [0.25, 0.3) is 11.8 Å². The number of nitrogens with zero attached hydrogens (tertiary/aromatic N) is 1. The standard InChI is InChI=1S/C52H65N7O21/c1-24(2)15-30(58-50(73)25(3)56-35(63)20-54-34(62)19-55-37(65)23-78-22-36(64)53-11-13-77-14-12-59-38(66)9-10-39(59)67)51(74)57-29-16-40(79-26(4)45(29)68)80-32-18-52(75,33(61)21-60)17-28-42(32)49(72)44-43(47(28)70)46(69)27-7-6-8-31(76-5)41(27)48(44)71/h6-10,24-26,29-30,32,40,45,60,68,70,72,75H,11-23H2,1-5H3,(H,53,64)(H,54,62)(H,55,65)(H,56,63)(H,57,74)(H,58,73)/t25?,26-,29-,30?,32?,40-,45+,52-/m0/s1. The highest BCUT2D eigenvalue weighted by Gasteiger charge is 2.50. The van der Waals surface area contributed by atoms with Crippen LogP contribution in [-0.2, 0) is 68.5 Å². The van der Waals surface area contributed by atoms with Gasteiger partial charge in [-0.05, 0) is 32.3 Å². The van der Waals surface area contributed by atoms with E-state index < -0.39 is 181 Å². The number of benzene rings is 2. The lowest BCUT2D eigenvalue weighted by molar-refractivity contribution is -0.249. The van der Waals surface area contributed by atoms with Crippen molar-refractivity contribution >= 4 is 64.6 Å². The van der Waals surface area contributed by atoms with Crippen LogP contribution in [0.1, 0.15) is 96.0 Å². The van der Waals surface area contributed by atoms with Gasteiger partial charge < -0.3 is 81.1 Å². The molecule has 3 unspecified atom stereocenters. The summed E-state index contributed by atoms with van der Waals surface area (Å²) < 4.78 is 27.9. The normalized spacial score (nSPS) is 21.9. The maximum atomic E-state index is 14.1. The van der Waals surface area contributed by atoms with Crippen LogP contribution in [0, 0.1) is 5.92 Å². The Morgan fingerprint density at radius 2 is 1.46 bits per heavy atom. The molecular weight excluding hydrogens is 1060 g/mol. The highest BCUT2D eigenvalue weighted by molar-refractivity contribution is 6.31. The van der Waals surface area contributed by atoms with E-state index >= 15 is 0 Å². The molecule has 0 spiro atoms. The number of amides is 8. The number of ether oxygens (including phenoxy) is 5. The van der Waals surface area contributed by atoms with Gasteiger partial charge in [-0.15, -0.1) is 0 Å². The zero-order chi connectivity index (χ0) is 58.7. The number of Topliss-reactive ketones (excluding diaryl/α,β-unsaturated/α-hetero) is 1. The van der Waals surface area contributed by atoms with E-state index in [1.807, 2.05) is 0 Å². The number of phenols is 2. The summed E-state index contributed by atoms with van der Waals surface area (Å²) in [6.07, 6.45) is -4.84. The number of carbonyl (C=O) groups excluding carboxylic acids is 11. The quantitative estimate of drug-likeness (QED) is 0.0211. The van der Waals surface area contributed by atoms with Gasteiger partial charge in [0.05, 0.1) is 74.9 Å². The molecule has 8 atom stereocenters. The fraction of sp³-hybridized carbons (Fsp3) is 0.519. The molecule has 2 aliphatic carbocycles. The molecule has 0 radical (unpaired) electrons. The number of imide groups is 1. The first-order valence-electron chi connectivity index (χ1n) is 25.5. The number of aliphatic hydroxyl groups is 3. The van der Waals surface area contributed by atoms with Crippen LogP contribution in [0.15, 0.2) is 30.4 Å². The third-order valence-electron chi connectivity index (χ3n) is 13.5. The van der Waals surface area contributed by atoms with Crippen molar-refractivity contribution in [3.63, 3.8) is 0 Å². The molecule has 11 N–H and O–H groups in total. The fourth-order valence-corrected chi connectivity index (χ4v) is 9.43. The lowest BCUT2D eigenvalue weighted by atomic mass is 9.72. The smallest absolute Gasteiger partial charge is 0.253 e.